The summed E-state index contributed by atoms with van der Waals surface area (Å²) in [5.41, 5.74) is 3.22. The van der Waals surface area contributed by atoms with Gasteiger partial charge in [0, 0.05) is 12.6 Å². The third-order valence-corrected chi connectivity index (χ3v) is 5.39. The molecule has 0 aromatic heterocycles. The molecule has 1 heterocycles. The van der Waals surface area contributed by atoms with E-state index in [1.807, 2.05) is 0 Å². The average molecular weight is 286 g/mol. The lowest BCUT2D eigenvalue weighted by Gasteiger charge is -2.35. The van der Waals surface area contributed by atoms with Crippen LogP contribution in [-0.2, 0) is 6.42 Å². The van der Waals surface area contributed by atoms with Gasteiger partial charge in [0.1, 0.15) is 0 Å². The van der Waals surface area contributed by atoms with Crippen LogP contribution in [-0.4, -0.2) is 31.1 Å². The molecule has 0 amide bonds. The zero-order chi connectivity index (χ0) is 14.5. The highest BCUT2D eigenvalue weighted by Gasteiger charge is 2.26. The standard InChI is InChI=1S/C19H30N2/c1-2-21(15-16-11-13-20-14-12-16)19-10-6-4-8-17-7-3-5-9-18(17)19/h3,5,7,9,16,19-20H,2,4,6,8,10-15H2,1H3. The zero-order valence-electron chi connectivity index (χ0n) is 13.5. The highest BCUT2D eigenvalue weighted by atomic mass is 15.2. The lowest BCUT2D eigenvalue weighted by Crippen LogP contribution is -2.38. The molecule has 0 radical (unpaired) electrons. The van der Waals surface area contributed by atoms with Crippen LogP contribution in [0, 0.1) is 5.92 Å². The maximum atomic E-state index is 3.49. The summed E-state index contributed by atoms with van der Waals surface area (Å²) in [6.07, 6.45) is 8.06. The molecular formula is C19H30N2. The van der Waals surface area contributed by atoms with Crippen molar-refractivity contribution in [2.75, 3.05) is 26.2 Å². The summed E-state index contributed by atoms with van der Waals surface area (Å²) in [4.78, 5) is 2.76. The van der Waals surface area contributed by atoms with Crippen LogP contribution < -0.4 is 5.32 Å². The van der Waals surface area contributed by atoms with Crippen LogP contribution in [0.3, 0.4) is 0 Å². The van der Waals surface area contributed by atoms with Crippen molar-refractivity contribution in [2.45, 2.75) is 51.5 Å². The Bertz CT molecular complexity index is 437. The normalized spacial score (nSPS) is 23.8. The summed E-state index contributed by atoms with van der Waals surface area (Å²) in [5, 5.41) is 3.49. The lowest BCUT2D eigenvalue weighted by molar-refractivity contribution is 0.151. The van der Waals surface area contributed by atoms with Gasteiger partial charge < -0.3 is 5.32 Å². The Kier molecular flexibility index (Phi) is 5.32. The predicted molar refractivity (Wildman–Crippen MR) is 89.6 cm³/mol. The second-order valence-corrected chi connectivity index (χ2v) is 6.74. The van der Waals surface area contributed by atoms with Crippen LogP contribution in [0.4, 0.5) is 0 Å². The maximum Gasteiger partial charge on any atom is 0.0350 e. The lowest BCUT2D eigenvalue weighted by atomic mass is 9.93. The Morgan fingerprint density at radius 3 is 2.71 bits per heavy atom. The van der Waals surface area contributed by atoms with Crippen LogP contribution >= 0.6 is 0 Å². The first-order valence-electron chi connectivity index (χ1n) is 8.91. The largest absolute Gasteiger partial charge is 0.317 e. The van der Waals surface area contributed by atoms with E-state index in [1.54, 1.807) is 11.1 Å². The van der Waals surface area contributed by atoms with E-state index in [4.69, 9.17) is 0 Å². The van der Waals surface area contributed by atoms with Gasteiger partial charge in [-0.15, -0.1) is 0 Å². The number of rotatable bonds is 4. The van der Waals surface area contributed by atoms with Crippen LogP contribution in [0.5, 0.6) is 0 Å². The van der Waals surface area contributed by atoms with Gasteiger partial charge in [0.25, 0.3) is 0 Å². The summed E-state index contributed by atoms with van der Waals surface area (Å²) in [6.45, 7) is 7.24. The molecule has 1 saturated heterocycles. The van der Waals surface area contributed by atoms with Gasteiger partial charge in [-0.05, 0) is 68.8 Å². The van der Waals surface area contributed by atoms with Gasteiger partial charge in [0.15, 0.2) is 0 Å². The minimum absolute atomic E-state index is 0.656. The molecule has 1 atom stereocenters. The molecule has 21 heavy (non-hydrogen) atoms. The van der Waals surface area contributed by atoms with Crippen molar-refractivity contribution in [3.05, 3.63) is 35.4 Å². The van der Waals surface area contributed by atoms with E-state index < -0.39 is 0 Å². The van der Waals surface area contributed by atoms with Gasteiger partial charge in [-0.25, -0.2) is 0 Å². The number of nitrogens with zero attached hydrogens (tertiary/aromatic N) is 1. The van der Waals surface area contributed by atoms with Crippen LogP contribution in [0.25, 0.3) is 0 Å². The quantitative estimate of drug-likeness (QED) is 0.848. The van der Waals surface area contributed by atoms with Crippen molar-refractivity contribution in [3.8, 4) is 0 Å². The Balaban J connectivity index is 1.76. The molecular weight excluding hydrogens is 256 g/mol. The zero-order valence-corrected chi connectivity index (χ0v) is 13.5. The summed E-state index contributed by atoms with van der Waals surface area (Å²) in [7, 11) is 0. The Labute approximate surface area is 129 Å². The first-order valence-corrected chi connectivity index (χ1v) is 8.91. The van der Waals surface area contributed by atoms with Crippen LogP contribution in [0.15, 0.2) is 24.3 Å². The molecule has 1 N–H and O–H groups in total. The predicted octanol–water partition coefficient (Wildman–Crippen LogP) is 3.78. The van der Waals surface area contributed by atoms with E-state index >= 15 is 0 Å². The average Bonchev–Trinajstić information content (AvgIpc) is 2.76. The molecule has 0 bridgehead atoms. The Morgan fingerprint density at radius 1 is 1.10 bits per heavy atom. The van der Waals surface area contributed by atoms with E-state index in [0.29, 0.717) is 6.04 Å². The number of nitrogens with one attached hydrogen (secondary N) is 1. The summed E-state index contributed by atoms with van der Waals surface area (Å²) < 4.78 is 0. The maximum absolute atomic E-state index is 3.49. The number of fused-ring (bicyclic) bond motifs is 1. The topological polar surface area (TPSA) is 15.3 Å². The van der Waals surface area contributed by atoms with E-state index in [-0.39, 0.29) is 0 Å². The SMILES string of the molecule is CCN(CC1CCNCC1)C1CCCCc2ccccc21. The second-order valence-electron chi connectivity index (χ2n) is 6.74. The minimum atomic E-state index is 0.656. The smallest absolute Gasteiger partial charge is 0.0350 e. The van der Waals surface area contributed by atoms with E-state index in [9.17, 15) is 0 Å². The number of aryl methyl sites for hydroxylation is 1. The van der Waals surface area contributed by atoms with E-state index in [2.05, 4.69) is 41.4 Å². The third-order valence-electron chi connectivity index (χ3n) is 5.39. The van der Waals surface area contributed by atoms with Crippen LogP contribution in [0.1, 0.15) is 56.2 Å². The minimum Gasteiger partial charge on any atom is -0.317 e. The number of benzene rings is 1. The van der Waals surface area contributed by atoms with Gasteiger partial charge in [0.2, 0.25) is 0 Å². The van der Waals surface area contributed by atoms with Crippen LogP contribution in [0.2, 0.25) is 0 Å². The van der Waals surface area contributed by atoms with Gasteiger partial charge in [-0.3, -0.25) is 4.90 Å². The summed E-state index contributed by atoms with van der Waals surface area (Å²) in [6, 6.07) is 9.84. The highest BCUT2D eigenvalue weighted by molar-refractivity contribution is 5.31. The van der Waals surface area contributed by atoms with Gasteiger partial charge in [0.05, 0.1) is 0 Å². The number of piperidine rings is 1. The highest BCUT2D eigenvalue weighted by Crippen LogP contribution is 2.34. The van der Waals surface area contributed by atoms with Crippen molar-refractivity contribution in [2.24, 2.45) is 5.92 Å². The molecule has 3 rings (SSSR count). The summed E-state index contributed by atoms with van der Waals surface area (Å²) >= 11 is 0. The number of hydrogen-bond acceptors (Lipinski definition) is 2. The summed E-state index contributed by atoms with van der Waals surface area (Å²) in [5.74, 6) is 0.890. The van der Waals surface area contributed by atoms with Crippen molar-refractivity contribution in [1.82, 2.24) is 10.2 Å². The van der Waals surface area contributed by atoms with Crippen molar-refractivity contribution in [1.29, 1.82) is 0 Å². The van der Waals surface area contributed by atoms with Gasteiger partial charge in [-0.1, -0.05) is 37.6 Å². The fraction of sp³-hybridized carbons (Fsp3) is 0.684. The third kappa shape index (κ3) is 3.67. The van der Waals surface area contributed by atoms with Crippen molar-refractivity contribution >= 4 is 0 Å². The molecule has 2 heteroatoms. The molecule has 116 valence electrons. The number of hydrogen-bond donors (Lipinski definition) is 1. The Morgan fingerprint density at radius 2 is 1.90 bits per heavy atom. The van der Waals surface area contributed by atoms with Crippen molar-refractivity contribution in [3.63, 3.8) is 0 Å². The molecule has 1 aliphatic carbocycles. The molecule has 0 spiro atoms. The fourth-order valence-electron chi connectivity index (χ4n) is 4.15. The molecule has 1 aromatic rings. The van der Waals surface area contributed by atoms with E-state index in [0.717, 1.165) is 5.92 Å². The van der Waals surface area contributed by atoms with Gasteiger partial charge >= 0.3 is 0 Å². The molecule has 2 aliphatic rings. The van der Waals surface area contributed by atoms with E-state index in [1.165, 1.54) is 64.7 Å². The fourth-order valence-corrected chi connectivity index (χ4v) is 4.15. The molecule has 1 fully saturated rings. The molecule has 1 aliphatic heterocycles. The monoisotopic (exact) mass is 286 g/mol. The molecule has 1 aromatic carbocycles. The second kappa shape index (κ2) is 7.42. The van der Waals surface area contributed by atoms with Gasteiger partial charge in [-0.2, -0.15) is 0 Å². The Hall–Kier alpha value is -0.860. The van der Waals surface area contributed by atoms with Crippen molar-refractivity contribution < 1.29 is 0 Å². The molecule has 1 unspecified atom stereocenters. The molecule has 0 saturated carbocycles. The molecule has 2 nitrogen and oxygen atoms in total. The first-order chi connectivity index (χ1) is 10.4. The first kappa shape index (κ1) is 15.1.